The van der Waals surface area contributed by atoms with Gasteiger partial charge < -0.3 is 10.5 Å². The van der Waals surface area contributed by atoms with E-state index in [0.29, 0.717) is 23.1 Å². The number of nitrogens with zero attached hydrogens (tertiary/aromatic N) is 4. The first kappa shape index (κ1) is 19.2. The van der Waals surface area contributed by atoms with E-state index in [2.05, 4.69) is 16.2 Å². The molecule has 1 saturated carbocycles. The molecule has 0 bridgehead atoms. The van der Waals surface area contributed by atoms with Crippen LogP contribution in [0, 0.1) is 11.3 Å². The summed E-state index contributed by atoms with van der Waals surface area (Å²) in [5, 5.41) is 13.9. The third-order valence-electron chi connectivity index (χ3n) is 4.94. The van der Waals surface area contributed by atoms with Crippen LogP contribution in [0.2, 0.25) is 0 Å². The number of benzene rings is 1. The van der Waals surface area contributed by atoms with Crippen molar-refractivity contribution >= 4 is 0 Å². The molecule has 0 amide bonds. The molecule has 1 aliphatic rings. The van der Waals surface area contributed by atoms with Crippen molar-refractivity contribution in [3.8, 4) is 29.0 Å². The van der Waals surface area contributed by atoms with Crippen LogP contribution in [0.5, 0.6) is 11.6 Å². The fourth-order valence-electron chi connectivity index (χ4n) is 3.36. The molecule has 0 radical (unpaired) electrons. The fourth-order valence-corrected chi connectivity index (χ4v) is 3.36. The van der Waals surface area contributed by atoms with Crippen LogP contribution in [0.25, 0.3) is 11.3 Å². The largest absolute Gasteiger partial charge is 0.439 e. The molecule has 6 nitrogen and oxygen atoms in total. The zero-order valence-corrected chi connectivity index (χ0v) is 17.0. The van der Waals surface area contributed by atoms with Crippen LogP contribution in [-0.2, 0) is 13.5 Å². The average molecular weight is 387 g/mol. The molecule has 6 heteroatoms. The Morgan fingerprint density at radius 3 is 2.66 bits per heavy atom. The third-order valence-corrected chi connectivity index (χ3v) is 4.94. The molecule has 0 spiro atoms. The third kappa shape index (κ3) is 4.47. The Morgan fingerprint density at radius 1 is 1.24 bits per heavy atom. The van der Waals surface area contributed by atoms with Crippen LogP contribution in [0.15, 0.2) is 42.6 Å². The molecular weight excluding hydrogens is 362 g/mol. The van der Waals surface area contributed by atoms with Crippen LogP contribution in [0.1, 0.15) is 49.4 Å². The summed E-state index contributed by atoms with van der Waals surface area (Å²) in [4.78, 5) is 4.62. The Morgan fingerprint density at radius 2 is 2.03 bits per heavy atom. The highest BCUT2D eigenvalue weighted by molar-refractivity contribution is 5.69. The average Bonchev–Trinajstić information content (AvgIpc) is 3.46. The van der Waals surface area contributed by atoms with Crippen LogP contribution >= 0.6 is 0 Å². The summed E-state index contributed by atoms with van der Waals surface area (Å²) in [7, 11) is 1.87. The number of ether oxygens (including phenoxy) is 1. The minimum Gasteiger partial charge on any atom is -0.439 e. The van der Waals surface area contributed by atoms with Crippen molar-refractivity contribution < 1.29 is 4.74 Å². The lowest BCUT2D eigenvalue weighted by molar-refractivity contribution is 0.431. The molecule has 29 heavy (non-hydrogen) atoms. The van der Waals surface area contributed by atoms with E-state index in [1.165, 1.54) is 12.8 Å². The normalized spacial score (nSPS) is 13.9. The molecule has 2 N–H and O–H groups in total. The van der Waals surface area contributed by atoms with Gasteiger partial charge in [0.05, 0.1) is 23.0 Å². The molecule has 148 valence electrons. The molecule has 1 fully saturated rings. The minimum absolute atomic E-state index is 0.287. The van der Waals surface area contributed by atoms with Gasteiger partial charge in [-0.2, -0.15) is 10.4 Å². The van der Waals surface area contributed by atoms with Crippen LogP contribution in [0.3, 0.4) is 0 Å². The summed E-state index contributed by atoms with van der Waals surface area (Å²) in [6.07, 6.45) is 4.96. The van der Waals surface area contributed by atoms with Gasteiger partial charge in [-0.05, 0) is 62.9 Å². The molecule has 0 saturated heterocycles. The van der Waals surface area contributed by atoms with E-state index in [9.17, 15) is 5.26 Å². The van der Waals surface area contributed by atoms with Crippen molar-refractivity contribution in [1.82, 2.24) is 14.8 Å². The van der Waals surface area contributed by atoms with Gasteiger partial charge in [0.15, 0.2) is 0 Å². The van der Waals surface area contributed by atoms with Gasteiger partial charge in [-0.3, -0.25) is 4.98 Å². The topological polar surface area (TPSA) is 89.8 Å². The molecule has 2 heterocycles. The summed E-state index contributed by atoms with van der Waals surface area (Å²) < 4.78 is 7.94. The van der Waals surface area contributed by atoms with E-state index in [0.717, 1.165) is 28.9 Å². The van der Waals surface area contributed by atoms with E-state index >= 15 is 0 Å². The Kier molecular flexibility index (Phi) is 4.85. The first-order chi connectivity index (χ1) is 13.8. The van der Waals surface area contributed by atoms with Gasteiger partial charge in [0.2, 0.25) is 5.88 Å². The molecule has 3 aromatic rings. The zero-order chi connectivity index (χ0) is 20.6. The molecule has 0 unspecified atom stereocenters. The van der Waals surface area contributed by atoms with Gasteiger partial charge in [-0.1, -0.05) is 6.07 Å². The number of hydrogen-bond acceptors (Lipinski definition) is 5. The minimum atomic E-state index is -0.287. The number of aromatic nitrogens is 3. The zero-order valence-electron chi connectivity index (χ0n) is 17.0. The molecular formula is C23H25N5O. The second kappa shape index (κ2) is 7.34. The van der Waals surface area contributed by atoms with Crippen molar-refractivity contribution in [3.05, 3.63) is 59.4 Å². The smallest absolute Gasteiger partial charge is 0.217 e. The Labute approximate surface area is 170 Å². The Balaban J connectivity index is 1.66. The van der Waals surface area contributed by atoms with Crippen molar-refractivity contribution in [2.24, 2.45) is 12.8 Å². The summed E-state index contributed by atoms with van der Waals surface area (Å²) >= 11 is 0. The van der Waals surface area contributed by atoms with Crippen LogP contribution < -0.4 is 10.5 Å². The number of hydrogen-bond donors (Lipinski definition) is 1. The van der Waals surface area contributed by atoms with Gasteiger partial charge in [0.1, 0.15) is 5.75 Å². The predicted molar refractivity (Wildman–Crippen MR) is 112 cm³/mol. The van der Waals surface area contributed by atoms with E-state index in [-0.39, 0.29) is 5.54 Å². The van der Waals surface area contributed by atoms with Crippen LogP contribution in [0.4, 0.5) is 0 Å². The van der Waals surface area contributed by atoms with Gasteiger partial charge in [-0.25, -0.2) is 4.68 Å². The quantitative estimate of drug-likeness (QED) is 0.681. The van der Waals surface area contributed by atoms with E-state index in [4.69, 9.17) is 10.5 Å². The second-order valence-corrected chi connectivity index (χ2v) is 8.45. The summed E-state index contributed by atoms with van der Waals surface area (Å²) in [6.45, 7) is 3.99. The monoisotopic (exact) mass is 387 g/mol. The van der Waals surface area contributed by atoms with Crippen LogP contribution in [-0.4, -0.2) is 20.3 Å². The van der Waals surface area contributed by atoms with Crippen molar-refractivity contribution in [3.63, 3.8) is 0 Å². The van der Waals surface area contributed by atoms with E-state index in [1.807, 2.05) is 51.4 Å². The molecule has 0 atom stereocenters. The van der Waals surface area contributed by atoms with Crippen molar-refractivity contribution in [1.29, 1.82) is 5.26 Å². The lowest BCUT2D eigenvalue weighted by Crippen LogP contribution is -2.34. The highest BCUT2D eigenvalue weighted by Gasteiger charge is 2.27. The molecule has 0 aliphatic heterocycles. The standard InChI is InChI=1S/C23H25N5O/c1-23(2,25)12-16-5-9-19(26-14-16)18-8-4-15(13-24)10-21(18)29-22-11-20(17-6-7-17)27-28(22)3/h4-5,8-11,14,17H,6-7,12,25H2,1-3H3. The lowest BCUT2D eigenvalue weighted by Gasteiger charge is -2.18. The molecule has 2 aromatic heterocycles. The van der Waals surface area contributed by atoms with Gasteiger partial charge in [0.25, 0.3) is 0 Å². The highest BCUT2D eigenvalue weighted by Crippen LogP contribution is 2.41. The van der Waals surface area contributed by atoms with Crippen molar-refractivity contribution in [2.45, 2.75) is 44.6 Å². The Hall–Kier alpha value is -3.17. The van der Waals surface area contributed by atoms with E-state index < -0.39 is 0 Å². The number of nitrogens with two attached hydrogens (primary N) is 1. The lowest BCUT2D eigenvalue weighted by atomic mass is 9.97. The summed E-state index contributed by atoms with van der Waals surface area (Å²) in [6, 6.07) is 13.6. The Bertz CT molecular complexity index is 1070. The number of pyridine rings is 1. The van der Waals surface area contributed by atoms with Crippen molar-refractivity contribution in [2.75, 3.05) is 0 Å². The van der Waals surface area contributed by atoms with Gasteiger partial charge in [0, 0.05) is 36.3 Å². The van der Waals surface area contributed by atoms with E-state index in [1.54, 1.807) is 16.8 Å². The SMILES string of the molecule is Cn1nc(C2CC2)cc1Oc1cc(C#N)ccc1-c1ccc(CC(C)(C)N)cn1. The second-order valence-electron chi connectivity index (χ2n) is 8.45. The first-order valence-electron chi connectivity index (χ1n) is 9.82. The molecule has 1 aliphatic carbocycles. The number of rotatable bonds is 6. The highest BCUT2D eigenvalue weighted by atomic mass is 16.5. The molecule has 1 aromatic carbocycles. The summed E-state index contributed by atoms with van der Waals surface area (Å²) in [5.41, 5.74) is 10.1. The predicted octanol–water partition coefficient (Wildman–Crippen LogP) is 4.30. The van der Waals surface area contributed by atoms with Gasteiger partial charge in [-0.15, -0.1) is 0 Å². The first-order valence-corrected chi connectivity index (χ1v) is 9.82. The summed E-state index contributed by atoms with van der Waals surface area (Å²) in [5.74, 6) is 1.79. The molecule has 4 rings (SSSR count). The number of aryl methyl sites for hydroxylation is 1. The fraction of sp³-hybridized carbons (Fsp3) is 0.348. The maximum Gasteiger partial charge on any atom is 0.217 e. The number of nitriles is 1. The van der Waals surface area contributed by atoms with Gasteiger partial charge >= 0.3 is 0 Å². The maximum atomic E-state index is 9.32. The maximum absolute atomic E-state index is 9.32.